The maximum Gasteiger partial charge on any atom is 0.223 e. The number of amides is 1. The van der Waals surface area contributed by atoms with E-state index in [4.69, 9.17) is 4.74 Å². The predicted octanol–water partition coefficient (Wildman–Crippen LogP) is 0.917. The highest BCUT2D eigenvalue weighted by atomic mass is 16.5. The molecule has 2 N–H and O–H groups in total. The molecule has 1 fully saturated rings. The molecule has 0 aromatic rings. The van der Waals surface area contributed by atoms with Crippen molar-refractivity contribution in [1.29, 1.82) is 0 Å². The van der Waals surface area contributed by atoms with Crippen LogP contribution in [-0.4, -0.2) is 38.3 Å². The lowest BCUT2D eigenvalue weighted by atomic mass is 9.97. The Balaban J connectivity index is 2.01. The van der Waals surface area contributed by atoms with Crippen molar-refractivity contribution in [2.45, 2.75) is 39.2 Å². The number of rotatable bonds is 6. The zero-order chi connectivity index (χ0) is 11.8. The summed E-state index contributed by atoms with van der Waals surface area (Å²) >= 11 is 0. The standard InChI is InChI=1S/C12H24N2O2/c1-10(2)16-9-3-6-14-12(15)11-4-7-13-8-5-11/h10-11,13H,3-9H2,1-2H3,(H,14,15). The SMILES string of the molecule is CC(C)OCCCNC(=O)C1CCNCC1. The van der Waals surface area contributed by atoms with Crippen LogP contribution in [-0.2, 0) is 9.53 Å². The zero-order valence-corrected chi connectivity index (χ0v) is 10.4. The number of hydrogen-bond acceptors (Lipinski definition) is 3. The maximum absolute atomic E-state index is 11.7. The van der Waals surface area contributed by atoms with Gasteiger partial charge >= 0.3 is 0 Å². The first-order chi connectivity index (χ1) is 7.70. The monoisotopic (exact) mass is 228 g/mol. The van der Waals surface area contributed by atoms with Gasteiger partial charge in [-0.2, -0.15) is 0 Å². The van der Waals surface area contributed by atoms with E-state index in [0.29, 0.717) is 0 Å². The van der Waals surface area contributed by atoms with Crippen LogP contribution < -0.4 is 10.6 Å². The molecule has 0 aliphatic carbocycles. The second kappa shape index (κ2) is 7.63. The van der Waals surface area contributed by atoms with Crippen molar-refractivity contribution in [3.8, 4) is 0 Å². The van der Waals surface area contributed by atoms with Crippen LogP contribution in [0.15, 0.2) is 0 Å². The van der Waals surface area contributed by atoms with Crippen molar-refractivity contribution in [2.24, 2.45) is 5.92 Å². The summed E-state index contributed by atoms with van der Waals surface area (Å²) in [4.78, 5) is 11.7. The molecule has 1 rings (SSSR count). The summed E-state index contributed by atoms with van der Waals surface area (Å²) in [6.45, 7) is 7.43. The Hall–Kier alpha value is -0.610. The molecule has 0 atom stereocenters. The Morgan fingerprint density at radius 3 is 2.75 bits per heavy atom. The lowest BCUT2D eigenvalue weighted by molar-refractivity contribution is -0.125. The molecule has 1 aliphatic rings. The highest BCUT2D eigenvalue weighted by Crippen LogP contribution is 2.11. The van der Waals surface area contributed by atoms with E-state index < -0.39 is 0 Å². The Bertz CT molecular complexity index is 201. The topological polar surface area (TPSA) is 50.4 Å². The molecule has 1 saturated heterocycles. The van der Waals surface area contributed by atoms with E-state index in [2.05, 4.69) is 10.6 Å². The van der Waals surface area contributed by atoms with Crippen molar-refractivity contribution in [2.75, 3.05) is 26.2 Å². The minimum absolute atomic E-state index is 0.214. The summed E-state index contributed by atoms with van der Waals surface area (Å²) in [6.07, 6.45) is 3.11. The van der Waals surface area contributed by atoms with Crippen molar-refractivity contribution in [3.63, 3.8) is 0 Å². The third-order valence-electron chi connectivity index (χ3n) is 2.78. The molecular formula is C12H24N2O2. The molecule has 1 amide bonds. The molecule has 1 heterocycles. The third-order valence-corrected chi connectivity index (χ3v) is 2.78. The Kier molecular flexibility index (Phi) is 6.42. The van der Waals surface area contributed by atoms with Gasteiger partial charge in [-0.15, -0.1) is 0 Å². The van der Waals surface area contributed by atoms with E-state index in [1.165, 1.54) is 0 Å². The molecule has 4 heteroatoms. The minimum atomic E-state index is 0.214. The van der Waals surface area contributed by atoms with Gasteiger partial charge in [0.25, 0.3) is 0 Å². The van der Waals surface area contributed by atoms with E-state index in [1.54, 1.807) is 0 Å². The van der Waals surface area contributed by atoms with Gasteiger partial charge in [0.15, 0.2) is 0 Å². The van der Waals surface area contributed by atoms with Crippen molar-refractivity contribution < 1.29 is 9.53 Å². The number of hydrogen-bond donors (Lipinski definition) is 2. The van der Waals surface area contributed by atoms with Crippen LogP contribution in [0.1, 0.15) is 33.1 Å². The number of carbonyl (C=O) groups excluding carboxylic acids is 1. The summed E-state index contributed by atoms with van der Waals surface area (Å²) in [7, 11) is 0. The van der Waals surface area contributed by atoms with Crippen LogP contribution in [0.25, 0.3) is 0 Å². The van der Waals surface area contributed by atoms with Crippen molar-refractivity contribution in [3.05, 3.63) is 0 Å². The Morgan fingerprint density at radius 1 is 1.44 bits per heavy atom. The lowest BCUT2D eigenvalue weighted by Crippen LogP contribution is -2.38. The van der Waals surface area contributed by atoms with E-state index >= 15 is 0 Å². The van der Waals surface area contributed by atoms with Gasteiger partial charge in [0.2, 0.25) is 5.91 Å². The molecule has 0 spiro atoms. The fourth-order valence-corrected chi connectivity index (χ4v) is 1.83. The quantitative estimate of drug-likeness (QED) is 0.665. The average Bonchev–Trinajstić information content (AvgIpc) is 2.29. The maximum atomic E-state index is 11.7. The van der Waals surface area contributed by atoms with E-state index in [9.17, 15) is 4.79 Å². The first-order valence-electron chi connectivity index (χ1n) is 6.30. The molecule has 0 bridgehead atoms. The smallest absolute Gasteiger partial charge is 0.223 e. The molecule has 0 unspecified atom stereocenters. The van der Waals surface area contributed by atoms with Crippen molar-refractivity contribution in [1.82, 2.24) is 10.6 Å². The largest absolute Gasteiger partial charge is 0.379 e. The first kappa shape index (κ1) is 13.5. The van der Waals surface area contributed by atoms with Gasteiger partial charge in [-0.1, -0.05) is 0 Å². The summed E-state index contributed by atoms with van der Waals surface area (Å²) in [5.41, 5.74) is 0. The normalized spacial score (nSPS) is 17.7. The molecule has 4 nitrogen and oxygen atoms in total. The van der Waals surface area contributed by atoms with Gasteiger partial charge in [0.05, 0.1) is 6.10 Å². The van der Waals surface area contributed by atoms with Crippen LogP contribution in [0, 0.1) is 5.92 Å². The molecule has 16 heavy (non-hydrogen) atoms. The number of piperidine rings is 1. The second-order valence-electron chi connectivity index (χ2n) is 4.59. The highest BCUT2D eigenvalue weighted by Gasteiger charge is 2.19. The molecule has 94 valence electrons. The lowest BCUT2D eigenvalue weighted by Gasteiger charge is -2.21. The molecule has 0 aromatic carbocycles. The highest BCUT2D eigenvalue weighted by molar-refractivity contribution is 5.78. The van der Waals surface area contributed by atoms with Gasteiger partial charge < -0.3 is 15.4 Å². The van der Waals surface area contributed by atoms with Gasteiger partial charge in [-0.25, -0.2) is 0 Å². The number of ether oxygens (including phenoxy) is 1. The van der Waals surface area contributed by atoms with E-state index in [-0.39, 0.29) is 17.9 Å². The predicted molar refractivity (Wildman–Crippen MR) is 64.3 cm³/mol. The van der Waals surface area contributed by atoms with Crippen LogP contribution in [0.4, 0.5) is 0 Å². The molecule has 1 aliphatic heterocycles. The van der Waals surface area contributed by atoms with Crippen LogP contribution in [0.3, 0.4) is 0 Å². The van der Waals surface area contributed by atoms with E-state index in [1.807, 2.05) is 13.8 Å². The number of carbonyl (C=O) groups is 1. The minimum Gasteiger partial charge on any atom is -0.379 e. The van der Waals surface area contributed by atoms with E-state index in [0.717, 1.165) is 45.5 Å². The van der Waals surface area contributed by atoms with Gasteiger partial charge in [0, 0.05) is 19.1 Å². The van der Waals surface area contributed by atoms with Crippen LogP contribution in [0.5, 0.6) is 0 Å². The fourth-order valence-electron chi connectivity index (χ4n) is 1.83. The Labute approximate surface area is 98.1 Å². The van der Waals surface area contributed by atoms with Gasteiger partial charge in [-0.3, -0.25) is 4.79 Å². The van der Waals surface area contributed by atoms with Crippen molar-refractivity contribution >= 4 is 5.91 Å². The molecule has 0 radical (unpaired) electrons. The first-order valence-corrected chi connectivity index (χ1v) is 6.30. The Morgan fingerprint density at radius 2 is 2.12 bits per heavy atom. The summed E-state index contributed by atoms with van der Waals surface area (Å²) in [5.74, 6) is 0.429. The molecular weight excluding hydrogens is 204 g/mol. The number of nitrogens with one attached hydrogen (secondary N) is 2. The summed E-state index contributed by atoms with van der Waals surface area (Å²) in [6, 6.07) is 0. The third kappa shape index (κ3) is 5.47. The second-order valence-corrected chi connectivity index (χ2v) is 4.59. The molecule has 0 aromatic heterocycles. The summed E-state index contributed by atoms with van der Waals surface area (Å²) < 4.78 is 5.41. The summed E-state index contributed by atoms with van der Waals surface area (Å²) in [5, 5.41) is 6.24. The average molecular weight is 228 g/mol. The fraction of sp³-hybridized carbons (Fsp3) is 0.917. The molecule has 0 saturated carbocycles. The van der Waals surface area contributed by atoms with Crippen LogP contribution >= 0.6 is 0 Å². The van der Waals surface area contributed by atoms with Gasteiger partial charge in [0.1, 0.15) is 0 Å². The van der Waals surface area contributed by atoms with Crippen LogP contribution in [0.2, 0.25) is 0 Å². The van der Waals surface area contributed by atoms with Gasteiger partial charge in [-0.05, 0) is 46.2 Å². The zero-order valence-electron chi connectivity index (χ0n) is 10.4.